The maximum absolute atomic E-state index is 12.7. The molecule has 0 spiro atoms. The van der Waals surface area contributed by atoms with Gasteiger partial charge in [-0.3, -0.25) is 9.78 Å². The number of hydrogen-bond acceptors (Lipinski definition) is 5. The van der Waals surface area contributed by atoms with E-state index in [0.29, 0.717) is 11.4 Å². The molecule has 0 bridgehead atoms. The maximum Gasteiger partial charge on any atom is 0.251 e. The molecule has 0 radical (unpaired) electrons. The number of nitrogens with one attached hydrogen (secondary N) is 1. The molecule has 0 fully saturated rings. The Balaban J connectivity index is 1.75. The molecule has 0 aliphatic carbocycles. The van der Waals surface area contributed by atoms with E-state index in [9.17, 15) is 4.79 Å². The minimum atomic E-state index is -0.113. The first-order chi connectivity index (χ1) is 13.4. The van der Waals surface area contributed by atoms with Gasteiger partial charge in [0, 0.05) is 55.4 Å². The molecule has 0 unspecified atom stereocenters. The summed E-state index contributed by atoms with van der Waals surface area (Å²) in [6.07, 6.45) is 6.10. The average Bonchev–Trinajstić information content (AvgIpc) is 2.69. The zero-order chi connectivity index (χ0) is 20.1. The van der Waals surface area contributed by atoms with Crippen molar-refractivity contribution in [3.63, 3.8) is 0 Å². The Morgan fingerprint density at radius 1 is 1.18 bits per heavy atom. The van der Waals surface area contributed by atoms with E-state index >= 15 is 0 Å². The summed E-state index contributed by atoms with van der Waals surface area (Å²) in [5.74, 6) is 1.36. The molecule has 2 aromatic heterocycles. The summed E-state index contributed by atoms with van der Waals surface area (Å²) in [6.45, 7) is 3.97. The Hall–Kier alpha value is -3.28. The maximum atomic E-state index is 12.7. The number of aromatic nitrogens is 3. The Morgan fingerprint density at radius 3 is 2.71 bits per heavy atom. The van der Waals surface area contributed by atoms with Crippen LogP contribution in [0.1, 0.15) is 28.4 Å². The highest BCUT2D eigenvalue weighted by Crippen LogP contribution is 2.21. The number of nitrogens with zero attached hydrogens (tertiary/aromatic N) is 4. The van der Waals surface area contributed by atoms with Gasteiger partial charge in [-0.05, 0) is 44.0 Å². The Kier molecular flexibility index (Phi) is 5.99. The molecule has 1 atom stereocenters. The van der Waals surface area contributed by atoms with E-state index < -0.39 is 0 Å². The third kappa shape index (κ3) is 4.71. The number of anilines is 1. The minimum absolute atomic E-state index is 0.00340. The lowest BCUT2D eigenvalue weighted by Crippen LogP contribution is -2.34. The molecule has 6 nitrogen and oxygen atoms in total. The molecular formula is C22H25N5O. The third-order valence-electron chi connectivity index (χ3n) is 4.39. The first kappa shape index (κ1) is 19.5. The van der Waals surface area contributed by atoms with Gasteiger partial charge in [0.15, 0.2) is 5.82 Å². The lowest BCUT2D eigenvalue weighted by Gasteiger charge is -2.16. The van der Waals surface area contributed by atoms with E-state index in [1.807, 2.05) is 69.4 Å². The number of amides is 1. The summed E-state index contributed by atoms with van der Waals surface area (Å²) in [4.78, 5) is 27.8. The smallest absolute Gasteiger partial charge is 0.251 e. The SMILES string of the molecule is Cc1cnc(-c2cccc(C(=O)N[C@H](C)Cc3cccnc3)c2)nc1N(C)C. The molecule has 1 aromatic carbocycles. The second-order valence-corrected chi connectivity index (χ2v) is 7.12. The van der Waals surface area contributed by atoms with Crippen molar-refractivity contribution in [2.75, 3.05) is 19.0 Å². The van der Waals surface area contributed by atoms with E-state index in [4.69, 9.17) is 0 Å². The average molecular weight is 375 g/mol. The zero-order valence-corrected chi connectivity index (χ0v) is 16.7. The lowest BCUT2D eigenvalue weighted by molar-refractivity contribution is 0.0940. The van der Waals surface area contributed by atoms with Crippen molar-refractivity contribution in [2.45, 2.75) is 26.3 Å². The van der Waals surface area contributed by atoms with E-state index in [0.717, 1.165) is 28.9 Å². The molecule has 0 saturated carbocycles. The summed E-state index contributed by atoms with van der Waals surface area (Å²) in [7, 11) is 3.90. The second kappa shape index (κ2) is 8.61. The first-order valence-corrected chi connectivity index (χ1v) is 9.25. The summed E-state index contributed by atoms with van der Waals surface area (Å²) < 4.78 is 0. The van der Waals surface area contributed by atoms with E-state index in [1.54, 1.807) is 18.5 Å². The molecule has 1 N–H and O–H groups in total. The van der Waals surface area contributed by atoms with Crippen LogP contribution in [-0.4, -0.2) is 41.0 Å². The van der Waals surface area contributed by atoms with Gasteiger partial charge in [0.2, 0.25) is 0 Å². The van der Waals surface area contributed by atoms with Crippen LogP contribution in [0, 0.1) is 6.92 Å². The van der Waals surface area contributed by atoms with Crippen LogP contribution in [-0.2, 0) is 6.42 Å². The highest BCUT2D eigenvalue weighted by Gasteiger charge is 2.13. The molecular weight excluding hydrogens is 350 g/mol. The van der Waals surface area contributed by atoms with Crippen LogP contribution in [0.25, 0.3) is 11.4 Å². The van der Waals surface area contributed by atoms with Crippen molar-refractivity contribution in [1.82, 2.24) is 20.3 Å². The highest BCUT2D eigenvalue weighted by atomic mass is 16.1. The molecule has 0 saturated heterocycles. The Morgan fingerprint density at radius 2 is 2.00 bits per heavy atom. The number of hydrogen-bond donors (Lipinski definition) is 1. The Bertz CT molecular complexity index is 956. The Labute approximate surface area is 165 Å². The second-order valence-electron chi connectivity index (χ2n) is 7.12. The summed E-state index contributed by atoms with van der Waals surface area (Å²) >= 11 is 0. The molecule has 1 amide bonds. The molecule has 2 heterocycles. The fraction of sp³-hybridized carbons (Fsp3) is 0.273. The van der Waals surface area contributed by atoms with E-state index in [-0.39, 0.29) is 11.9 Å². The number of benzene rings is 1. The van der Waals surface area contributed by atoms with Gasteiger partial charge in [-0.1, -0.05) is 18.2 Å². The third-order valence-corrected chi connectivity index (χ3v) is 4.39. The van der Waals surface area contributed by atoms with Gasteiger partial charge in [0.25, 0.3) is 5.91 Å². The summed E-state index contributed by atoms with van der Waals surface area (Å²) in [5, 5.41) is 3.05. The zero-order valence-electron chi connectivity index (χ0n) is 16.7. The molecule has 144 valence electrons. The molecule has 3 aromatic rings. The summed E-state index contributed by atoms with van der Waals surface area (Å²) in [5.41, 5.74) is 3.50. The quantitative estimate of drug-likeness (QED) is 0.716. The van der Waals surface area contributed by atoms with Crippen molar-refractivity contribution in [2.24, 2.45) is 0 Å². The highest BCUT2D eigenvalue weighted by molar-refractivity contribution is 5.95. The number of aryl methyl sites for hydroxylation is 1. The van der Waals surface area contributed by atoms with Crippen LogP contribution >= 0.6 is 0 Å². The standard InChI is InChI=1S/C22H25N5O/c1-15-13-24-20(26-21(15)27(3)4)18-8-5-9-19(12-18)22(28)25-16(2)11-17-7-6-10-23-14-17/h5-10,12-14,16H,11H2,1-4H3,(H,25,28)/t16-/m1/s1. The van der Waals surface area contributed by atoms with Crippen LogP contribution in [0.5, 0.6) is 0 Å². The fourth-order valence-corrected chi connectivity index (χ4v) is 3.05. The fourth-order valence-electron chi connectivity index (χ4n) is 3.05. The van der Waals surface area contributed by atoms with E-state index in [1.165, 1.54) is 0 Å². The van der Waals surface area contributed by atoms with Gasteiger partial charge in [0.05, 0.1) is 0 Å². The van der Waals surface area contributed by atoms with Crippen LogP contribution in [0.2, 0.25) is 0 Å². The van der Waals surface area contributed by atoms with Crippen LogP contribution in [0.4, 0.5) is 5.82 Å². The molecule has 0 aliphatic rings. The van der Waals surface area contributed by atoms with Crippen molar-refractivity contribution in [3.8, 4) is 11.4 Å². The predicted molar refractivity (Wildman–Crippen MR) is 111 cm³/mol. The molecule has 3 rings (SSSR count). The largest absolute Gasteiger partial charge is 0.362 e. The van der Waals surface area contributed by atoms with Crippen molar-refractivity contribution in [1.29, 1.82) is 0 Å². The normalized spacial score (nSPS) is 11.7. The molecule has 28 heavy (non-hydrogen) atoms. The van der Waals surface area contributed by atoms with Gasteiger partial charge >= 0.3 is 0 Å². The lowest BCUT2D eigenvalue weighted by atomic mass is 10.1. The molecule has 6 heteroatoms. The summed E-state index contributed by atoms with van der Waals surface area (Å²) in [6, 6.07) is 11.3. The topological polar surface area (TPSA) is 71.0 Å². The monoisotopic (exact) mass is 375 g/mol. The van der Waals surface area contributed by atoms with Crippen molar-refractivity contribution >= 4 is 11.7 Å². The van der Waals surface area contributed by atoms with Crippen LogP contribution < -0.4 is 10.2 Å². The van der Waals surface area contributed by atoms with Gasteiger partial charge in [0.1, 0.15) is 5.82 Å². The van der Waals surface area contributed by atoms with Crippen molar-refractivity contribution < 1.29 is 4.79 Å². The van der Waals surface area contributed by atoms with Crippen LogP contribution in [0.3, 0.4) is 0 Å². The van der Waals surface area contributed by atoms with Gasteiger partial charge in [-0.25, -0.2) is 9.97 Å². The van der Waals surface area contributed by atoms with Crippen molar-refractivity contribution in [3.05, 3.63) is 71.7 Å². The molecule has 0 aliphatic heterocycles. The van der Waals surface area contributed by atoms with E-state index in [2.05, 4.69) is 20.3 Å². The predicted octanol–water partition coefficient (Wildman–Crippen LogP) is 3.27. The van der Waals surface area contributed by atoms with Gasteiger partial charge in [-0.2, -0.15) is 0 Å². The first-order valence-electron chi connectivity index (χ1n) is 9.25. The van der Waals surface area contributed by atoms with Crippen LogP contribution in [0.15, 0.2) is 55.0 Å². The number of rotatable bonds is 6. The number of carbonyl (C=O) groups is 1. The number of carbonyl (C=O) groups excluding carboxylic acids is 1. The number of pyridine rings is 1. The van der Waals surface area contributed by atoms with Gasteiger partial charge in [-0.15, -0.1) is 0 Å². The minimum Gasteiger partial charge on any atom is -0.362 e. The van der Waals surface area contributed by atoms with Gasteiger partial charge < -0.3 is 10.2 Å².